The number of carbonyl (C=O) groups is 2. The molecule has 0 aliphatic heterocycles. The van der Waals surface area contributed by atoms with E-state index in [0.717, 1.165) is 0 Å². The standard InChI is InChI=1S/C8H12O4.H2N3/c9-7(10)5-1-2-6(4-3-5)8(11)12;1-3-2/h5-6H,1-4H2,(H,9,10)(H,11,12);1-2H/q;+1. The second kappa shape index (κ2) is 6.67. The van der Waals surface area contributed by atoms with Crippen LogP contribution in [0.2, 0.25) is 0 Å². The van der Waals surface area contributed by atoms with Gasteiger partial charge in [0.15, 0.2) is 0 Å². The number of aliphatic carboxylic acids is 2. The first-order valence-electron chi connectivity index (χ1n) is 4.51. The molecule has 0 unspecified atom stereocenters. The third kappa shape index (κ3) is 4.87. The molecule has 1 fully saturated rings. The highest BCUT2D eigenvalue weighted by molar-refractivity contribution is 5.72. The fourth-order valence-electron chi connectivity index (χ4n) is 1.59. The lowest BCUT2D eigenvalue weighted by atomic mass is 9.82. The van der Waals surface area contributed by atoms with Gasteiger partial charge < -0.3 is 10.2 Å². The number of hydrogen-bond donors (Lipinski definition) is 4. The molecule has 7 nitrogen and oxygen atoms in total. The molecule has 84 valence electrons. The molecule has 0 heterocycles. The molecule has 0 amide bonds. The molecule has 7 heteroatoms. The van der Waals surface area contributed by atoms with Crippen molar-refractivity contribution in [1.82, 2.24) is 4.91 Å². The van der Waals surface area contributed by atoms with Crippen LogP contribution in [-0.2, 0) is 9.59 Å². The van der Waals surface area contributed by atoms with Gasteiger partial charge in [-0.2, -0.15) is 0 Å². The maximum atomic E-state index is 10.5. The van der Waals surface area contributed by atoms with Crippen LogP contribution in [0.1, 0.15) is 25.7 Å². The zero-order chi connectivity index (χ0) is 11.8. The van der Waals surface area contributed by atoms with Gasteiger partial charge in [-0.25, -0.2) is 0 Å². The Morgan fingerprint density at radius 2 is 1.13 bits per heavy atom. The van der Waals surface area contributed by atoms with Crippen LogP contribution in [0, 0.1) is 22.9 Å². The molecule has 0 saturated heterocycles. The summed E-state index contributed by atoms with van der Waals surface area (Å²) < 4.78 is 0. The summed E-state index contributed by atoms with van der Waals surface area (Å²) in [6.07, 6.45) is 2.03. The molecule has 0 radical (unpaired) electrons. The van der Waals surface area contributed by atoms with Gasteiger partial charge in [-0.3, -0.25) is 9.59 Å². The Kier molecular flexibility index (Phi) is 5.89. The van der Waals surface area contributed by atoms with Crippen molar-refractivity contribution in [2.24, 2.45) is 11.8 Å². The molecular formula is C8H14N3O4+. The first-order chi connectivity index (χ1) is 7.02. The Morgan fingerprint density at radius 1 is 0.933 bits per heavy atom. The van der Waals surface area contributed by atoms with Gasteiger partial charge in [0.1, 0.15) is 11.1 Å². The molecule has 1 saturated carbocycles. The van der Waals surface area contributed by atoms with E-state index in [2.05, 4.69) is 0 Å². The Morgan fingerprint density at radius 3 is 1.27 bits per heavy atom. The summed E-state index contributed by atoms with van der Waals surface area (Å²) in [6.45, 7) is 0. The minimum absolute atomic E-state index is 0.319. The van der Waals surface area contributed by atoms with Crippen molar-refractivity contribution in [2.45, 2.75) is 25.7 Å². The fraction of sp³-hybridized carbons (Fsp3) is 0.750. The first kappa shape index (κ1) is 13.2. The molecule has 0 atom stereocenters. The van der Waals surface area contributed by atoms with Crippen LogP contribution in [0.3, 0.4) is 0 Å². The van der Waals surface area contributed by atoms with Gasteiger partial charge in [0.05, 0.1) is 11.8 Å². The minimum atomic E-state index is -0.793. The summed E-state index contributed by atoms with van der Waals surface area (Å²) >= 11 is 0. The highest BCUT2D eigenvalue weighted by Gasteiger charge is 2.29. The first-order valence-corrected chi connectivity index (χ1v) is 4.51. The smallest absolute Gasteiger partial charge is 0.306 e. The molecule has 0 spiro atoms. The van der Waals surface area contributed by atoms with Crippen molar-refractivity contribution in [1.29, 1.82) is 11.1 Å². The second-order valence-electron chi connectivity index (χ2n) is 3.34. The normalized spacial score (nSPS) is 24.3. The molecule has 0 bridgehead atoms. The van der Waals surface area contributed by atoms with Crippen LogP contribution >= 0.6 is 0 Å². The number of rotatable bonds is 2. The Balaban J connectivity index is 0.000000583. The van der Waals surface area contributed by atoms with Gasteiger partial charge in [0.2, 0.25) is 4.91 Å². The van der Waals surface area contributed by atoms with E-state index in [1.165, 1.54) is 0 Å². The average molecular weight is 216 g/mol. The van der Waals surface area contributed by atoms with Crippen LogP contribution in [0.5, 0.6) is 0 Å². The summed E-state index contributed by atoms with van der Waals surface area (Å²) in [7, 11) is 0. The Bertz CT molecular complexity index is 243. The third-order valence-electron chi connectivity index (χ3n) is 2.43. The zero-order valence-electron chi connectivity index (χ0n) is 8.14. The Hall–Kier alpha value is -1.75. The van der Waals surface area contributed by atoms with E-state index in [1.54, 1.807) is 0 Å². The number of hydrogen-bond acceptors (Lipinski definition) is 4. The van der Waals surface area contributed by atoms with Gasteiger partial charge in [-0.15, -0.1) is 0 Å². The van der Waals surface area contributed by atoms with Crippen molar-refractivity contribution in [3.05, 3.63) is 0 Å². The van der Waals surface area contributed by atoms with E-state index in [0.29, 0.717) is 25.7 Å². The second-order valence-corrected chi connectivity index (χ2v) is 3.34. The maximum absolute atomic E-state index is 10.5. The summed E-state index contributed by atoms with van der Waals surface area (Å²) in [4.78, 5) is 23.0. The lowest BCUT2D eigenvalue weighted by Gasteiger charge is -2.22. The van der Waals surface area contributed by atoms with Crippen LogP contribution in [0.4, 0.5) is 0 Å². The SMILES string of the molecule is N=[N+]=N.O=C(O)C1CCC(C(=O)O)CC1. The summed E-state index contributed by atoms with van der Waals surface area (Å²) in [5.41, 5.74) is 11.0. The van der Waals surface area contributed by atoms with Crippen LogP contribution in [-0.4, -0.2) is 22.2 Å². The number of carboxylic acids is 2. The van der Waals surface area contributed by atoms with E-state index in [9.17, 15) is 9.59 Å². The third-order valence-corrected chi connectivity index (χ3v) is 2.43. The molecule has 1 aliphatic rings. The van der Waals surface area contributed by atoms with Crippen molar-refractivity contribution in [3.63, 3.8) is 0 Å². The molecule has 0 aromatic heterocycles. The van der Waals surface area contributed by atoms with Crippen LogP contribution < -0.4 is 4.91 Å². The van der Waals surface area contributed by atoms with Gasteiger partial charge >= 0.3 is 11.9 Å². The Labute approximate surface area is 86.1 Å². The van der Waals surface area contributed by atoms with E-state index in [4.69, 9.17) is 21.3 Å². The summed E-state index contributed by atoms with van der Waals surface area (Å²) in [6, 6.07) is 0. The minimum Gasteiger partial charge on any atom is -0.481 e. The number of carboxylic acid groups (broad SMARTS) is 2. The average Bonchev–Trinajstić information content (AvgIpc) is 2.19. The number of nitrogens with zero attached hydrogens (tertiary/aromatic N) is 1. The van der Waals surface area contributed by atoms with Gasteiger partial charge in [-0.1, -0.05) is 0 Å². The fourth-order valence-corrected chi connectivity index (χ4v) is 1.59. The van der Waals surface area contributed by atoms with Crippen LogP contribution in [0.15, 0.2) is 0 Å². The lowest BCUT2D eigenvalue weighted by molar-refractivity contribution is -0.148. The quantitative estimate of drug-likeness (QED) is 0.405. The molecular weight excluding hydrogens is 202 g/mol. The molecule has 15 heavy (non-hydrogen) atoms. The van der Waals surface area contributed by atoms with E-state index in [1.807, 2.05) is 4.91 Å². The summed E-state index contributed by atoms with van der Waals surface area (Å²) in [5, 5.41) is 17.2. The molecule has 0 aromatic rings. The predicted molar refractivity (Wildman–Crippen MR) is 48.3 cm³/mol. The molecule has 4 N–H and O–H groups in total. The lowest BCUT2D eigenvalue weighted by Crippen LogP contribution is -2.25. The maximum Gasteiger partial charge on any atom is 0.306 e. The predicted octanol–water partition coefficient (Wildman–Crippen LogP) is 1.08. The molecule has 1 aliphatic carbocycles. The number of nitrogens with one attached hydrogen (secondary N) is 2. The van der Waals surface area contributed by atoms with Crippen molar-refractivity contribution >= 4 is 11.9 Å². The van der Waals surface area contributed by atoms with Gasteiger partial charge in [-0.05, 0) is 25.7 Å². The van der Waals surface area contributed by atoms with Gasteiger partial charge in [0.25, 0.3) is 0 Å². The molecule has 1 rings (SSSR count). The van der Waals surface area contributed by atoms with Crippen molar-refractivity contribution in [2.75, 3.05) is 0 Å². The van der Waals surface area contributed by atoms with Crippen LogP contribution in [0.25, 0.3) is 0 Å². The zero-order valence-corrected chi connectivity index (χ0v) is 8.14. The highest BCUT2D eigenvalue weighted by atomic mass is 16.4. The topological polar surface area (TPSA) is 136 Å². The van der Waals surface area contributed by atoms with Crippen molar-refractivity contribution in [3.8, 4) is 0 Å². The van der Waals surface area contributed by atoms with E-state index >= 15 is 0 Å². The largest absolute Gasteiger partial charge is 0.481 e. The monoisotopic (exact) mass is 216 g/mol. The van der Waals surface area contributed by atoms with E-state index in [-0.39, 0.29) is 11.8 Å². The van der Waals surface area contributed by atoms with E-state index < -0.39 is 11.9 Å². The van der Waals surface area contributed by atoms with Gasteiger partial charge in [0, 0.05) is 0 Å². The molecule has 0 aromatic carbocycles. The van der Waals surface area contributed by atoms with Crippen molar-refractivity contribution < 1.29 is 19.8 Å². The summed E-state index contributed by atoms with van der Waals surface area (Å²) in [5.74, 6) is -2.22. The highest BCUT2D eigenvalue weighted by Crippen LogP contribution is 2.28.